The van der Waals surface area contributed by atoms with Crippen LogP contribution >= 0.6 is 11.3 Å². The summed E-state index contributed by atoms with van der Waals surface area (Å²) in [7, 11) is 0. The van der Waals surface area contributed by atoms with Crippen molar-refractivity contribution in [2.75, 3.05) is 13.3 Å². The van der Waals surface area contributed by atoms with Crippen molar-refractivity contribution in [2.24, 2.45) is 0 Å². The molecular weight excluding hydrogens is 431 g/mol. The predicted octanol–water partition coefficient (Wildman–Crippen LogP) is 4.53. The molecule has 0 bridgehead atoms. The number of rotatable bonds is 6. The zero-order valence-electron chi connectivity index (χ0n) is 17.2. The maximum atomic E-state index is 13.4. The Morgan fingerprint density at radius 3 is 2.72 bits per heavy atom. The molecule has 7 nitrogen and oxygen atoms in total. The normalized spacial score (nSPS) is 12.2. The van der Waals surface area contributed by atoms with E-state index < -0.39 is 0 Å². The lowest BCUT2D eigenvalue weighted by Crippen LogP contribution is -2.31. The van der Waals surface area contributed by atoms with Crippen molar-refractivity contribution in [2.45, 2.75) is 13.5 Å². The van der Waals surface area contributed by atoms with Crippen LogP contribution in [0.5, 0.6) is 11.5 Å². The number of aromatic nitrogens is 3. The lowest BCUT2D eigenvalue weighted by atomic mass is 10.2. The van der Waals surface area contributed by atoms with E-state index in [2.05, 4.69) is 10.1 Å². The van der Waals surface area contributed by atoms with E-state index in [0.717, 1.165) is 10.4 Å². The molecule has 0 atom stereocenters. The van der Waals surface area contributed by atoms with Gasteiger partial charge in [-0.3, -0.25) is 4.79 Å². The summed E-state index contributed by atoms with van der Waals surface area (Å²) in [6.45, 7) is 2.96. The number of carbonyl (C=O) groups is 1. The fourth-order valence-electron chi connectivity index (χ4n) is 3.46. The first-order valence-electron chi connectivity index (χ1n) is 10.1. The topological polar surface area (TPSA) is 69.5 Å². The molecule has 0 saturated heterocycles. The quantitative estimate of drug-likeness (QED) is 0.432. The SMILES string of the molecule is CCN(Cc1ccc2c(c1)OCO2)C(=O)c1nc(-c2cccs2)n(-c2ccc(F)cc2)n1. The maximum Gasteiger partial charge on any atom is 0.293 e. The molecule has 2 aromatic heterocycles. The molecule has 1 aliphatic heterocycles. The van der Waals surface area contributed by atoms with Gasteiger partial charge in [0.15, 0.2) is 17.3 Å². The number of nitrogens with zero attached hydrogens (tertiary/aromatic N) is 4. The Hall–Kier alpha value is -3.72. The fourth-order valence-corrected chi connectivity index (χ4v) is 4.16. The molecular formula is C23H19FN4O3S. The molecule has 2 aromatic carbocycles. The van der Waals surface area contributed by atoms with Gasteiger partial charge in [0.25, 0.3) is 5.91 Å². The number of ether oxygens (including phenoxy) is 2. The molecule has 0 fully saturated rings. The molecule has 4 aromatic rings. The summed E-state index contributed by atoms with van der Waals surface area (Å²) in [5.41, 5.74) is 1.54. The van der Waals surface area contributed by atoms with Gasteiger partial charge in [-0.25, -0.2) is 14.1 Å². The second-order valence-electron chi connectivity index (χ2n) is 7.13. The lowest BCUT2D eigenvalue weighted by Gasteiger charge is -2.19. The van der Waals surface area contributed by atoms with Gasteiger partial charge in [0, 0.05) is 13.1 Å². The van der Waals surface area contributed by atoms with E-state index in [1.165, 1.54) is 23.5 Å². The van der Waals surface area contributed by atoms with E-state index in [-0.39, 0.29) is 24.3 Å². The number of fused-ring (bicyclic) bond motifs is 1. The van der Waals surface area contributed by atoms with E-state index in [0.29, 0.717) is 36.1 Å². The highest BCUT2D eigenvalue weighted by molar-refractivity contribution is 7.13. The Labute approximate surface area is 187 Å². The van der Waals surface area contributed by atoms with Crippen LogP contribution in [0.15, 0.2) is 60.0 Å². The summed E-state index contributed by atoms with van der Waals surface area (Å²) in [6, 6.07) is 15.4. The average molecular weight is 450 g/mol. The summed E-state index contributed by atoms with van der Waals surface area (Å²) in [5, 5.41) is 6.42. The van der Waals surface area contributed by atoms with Gasteiger partial charge in [-0.05, 0) is 60.3 Å². The second kappa shape index (κ2) is 8.43. The Bertz CT molecular complexity index is 1250. The molecule has 9 heteroatoms. The first-order valence-corrected chi connectivity index (χ1v) is 10.9. The number of carbonyl (C=O) groups excluding carboxylic acids is 1. The van der Waals surface area contributed by atoms with E-state index in [1.807, 2.05) is 42.6 Å². The van der Waals surface area contributed by atoms with Gasteiger partial charge >= 0.3 is 0 Å². The van der Waals surface area contributed by atoms with Crippen LogP contribution in [0.1, 0.15) is 23.1 Å². The summed E-state index contributed by atoms with van der Waals surface area (Å²) in [5.74, 6) is 1.36. The number of halogens is 1. The molecule has 0 unspecified atom stereocenters. The van der Waals surface area contributed by atoms with E-state index >= 15 is 0 Å². The van der Waals surface area contributed by atoms with E-state index in [4.69, 9.17) is 9.47 Å². The largest absolute Gasteiger partial charge is 0.454 e. The number of benzene rings is 2. The molecule has 1 amide bonds. The Morgan fingerprint density at radius 1 is 1.16 bits per heavy atom. The first-order chi connectivity index (χ1) is 15.6. The van der Waals surface area contributed by atoms with Crippen LogP contribution in [-0.2, 0) is 6.54 Å². The van der Waals surface area contributed by atoms with Gasteiger partial charge in [-0.2, -0.15) is 0 Å². The molecule has 5 rings (SSSR count). The molecule has 0 N–H and O–H groups in total. The highest BCUT2D eigenvalue weighted by Crippen LogP contribution is 2.33. The molecule has 162 valence electrons. The fraction of sp³-hybridized carbons (Fsp3) is 0.174. The molecule has 0 aliphatic carbocycles. The number of hydrogen-bond donors (Lipinski definition) is 0. The number of amides is 1. The summed E-state index contributed by atoms with van der Waals surface area (Å²) in [6.07, 6.45) is 0. The average Bonchev–Trinajstić information content (AvgIpc) is 3.57. The van der Waals surface area contributed by atoms with Gasteiger partial charge < -0.3 is 14.4 Å². The standard InChI is InChI=1S/C23H19FN4O3S/c1-2-27(13-15-5-10-18-19(12-15)31-14-30-18)23(29)21-25-22(20-4-3-11-32-20)28(26-21)17-8-6-16(24)7-9-17/h3-12H,2,13-14H2,1H3. The van der Waals surface area contributed by atoms with Crippen molar-refractivity contribution in [3.05, 3.63) is 77.2 Å². The summed E-state index contributed by atoms with van der Waals surface area (Å²) in [4.78, 5) is 20.4. The van der Waals surface area contributed by atoms with Gasteiger partial charge in [0.1, 0.15) is 5.82 Å². The Morgan fingerprint density at radius 2 is 1.97 bits per heavy atom. The Balaban J connectivity index is 1.47. The minimum atomic E-state index is -0.344. The summed E-state index contributed by atoms with van der Waals surface area (Å²) >= 11 is 1.49. The van der Waals surface area contributed by atoms with Crippen LogP contribution in [0.2, 0.25) is 0 Å². The van der Waals surface area contributed by atoms with Crippen LogP contribution in [0, 0.1) is 5.82 Å². The van der Waals surface area contributed by atoms with Crippen LogP contribution < -0.4 is 9.47 Å². The van der Waals surface area contributed by atoms with Gasteiger partial charge in [-0.15, -0.1) is 16.4 Å². The monoisotopic (exact) mass is 450 g/mol. The minimum absolute atomic E-state index is 0.0836. The highest BCUT2D eigenvalue weighted by atomic mass is 32.1. The summed E-state index contributed by atoms with van der Waals surface area (Å²) < 4.78 is 25.8. The molecule has 1 aliphatic rings. The third-order valence-corrected chi connectivity index (χ3v) is 5.96. The third kappa shape index (κ3) is 3.82. The maximum absolute atomic E-state index is 13.4. The molecule has 0 saturated carbocycles. The predicted molar refractivity (Wildman–Crippen MR) is 118 cm³/mol. The van der Waals surface area contributed by atoms with E-state index in [1.54, 1.807) is 21.7 Å². The van der Waals surface area contributed by atoms with Crippen molar-refractivity contribution in [1.29, 1.82) is 0 Å². The molecule has 0 radical (unpaired) electrons. The van der Waals surface area contributed by atoms with Crippen molar-refractivity contribution >= 4 is 17.2 Å². The second-order valence-corrected chi connectivity index (χ2v) is 8.08. The van der Waals surface area contributed by atoms with Gasteiger partial charge in [-0.1, -0.05) is 12.1 Å². The molecule has 0 spiro atoms. The van der Waals surface area contributed by atoms with Gasteiger partial charge in [0.2, 0.25) is 12.6 Å². The minimum Gasteiger partial charge on any atom is -0.454 e. The van der Waals surface area contributed by atoms with Crippen LogP contribution in [0.4, 0.5) is 4.39 Å². The zero-order chi connectivity index (χ0) is 22.1. The third-order valence-electron chi connectivity index (χ3n) is 5.09. The van der Waals surface area contributed by atoms with Gasteiger partial charge in [0.05, 0.1) is 10.6 Å². The van der Waals surface area contributed by atoms with Crippen molar-refractivity contribution < 1.29 is 18.7 Å². The Kier molecular flexibility index (Phi) is 5.32. The van der Waals surface area contributed by atoms with Crippen molar-refractivity contribution in [3.63, 3.8) is 0 Å². The number of thiophene rings is 1. The van der Waals surface area contributed by atoms with E-state index in [9.17, 15) is 9.18 Å². The molecule has 32 heavy (non-hydrogen) atoms. The molecule has 3 heterocycles. The van der Waals surface area contributed by atoms with Crippen LogP contribution in [0.25, 0.3) is 16.4 Å². The smallest absolute Gasteiger partial charge is 0.293 e. The lowest BCUT2D eigenvalue weighted by molar-refractivity contribution is 0.0740. The van der Waals surface area contributed by atoms with Crippen molar-refractivity contribution in [1.82, 2.24) is 19.7 Å². The van der Waals surface area contributed by atoms with Crippen LogP contribution in [-0.4, -0.2) is 38.9 Å². The highest BCUT2D eigenvalue weighted by Gasteiger charge is 2.24. The van der Waals surface area contributed by atoms with Crippen LogP contribution in [0.3, 0.4) is 0 Å². The van der Waals surface area contributed by atoms with Crippen molar-refractivity contribution in [3.8, 4) is 27.9 Å². The zero-order valence-corrected chi connectivity index (χ0v) is 18.0. The number of hydrogen-bond acceptors (Lipinski definition) is 6. The first kappa shape index (κ1) is 20.2.